The number of aromatic hydroxyl groups is 2. The minimum Gasteiger partial charge on any atom is -0.508 e. The zero-order chi connectivity index (χ0) is 42.8. The Morgan fingerprint density at radius 3 is 2.12 bits per heavy atom. The molecule has 0 fully saturated rings. The molecule has 14 heteroatoms. The van der Waals surface area contributed by atoms with Gasteiger partial charge in [-0.15, -0.1) is 0 Å². The second kappa shape index (κ2) is 23.5. The summed E-state index contributed by atoms with van der Waals surface area (Å²) in [4.78, 5) is 82.4. The minimum atomic E-state index is -1.11. The van der Waals surface area contributed by atoms with Crippen LogP contribution in [0.15, 0.2) is 72.8 Å². The summed E-state index contributed by atoms with van der Waals surface area (Å²) in [6, 6.07) is 7.15. The maximum atomic E-state index is 13.9. The van der Waals surface area contributed by atoms with E-state index >= 15 is 0 Å². The highest BCUT2D eigenvalue weighted by Gasteiger charge is 2.36. The van der Waals surface area contributed by atoms with E-state index in [0.717, 1.165) is 38.2 Å². The molecule has 0 saturated carbocycles. The summed E-state index contributed by atoms with van der Waals surface area (Å²) in [5.41, 5.74) is 1.32. The topological polar surface area (TPSA) is 203 Å². The lowest BCUT2D eigenvalue weighted by Crippen LogP contribution is -2.57. The lowest BCUT2D eigenvalue weighted by molar-refractivity contribution is -0.156. The summed E-state index contributed by atoms with van der Waals surface area (Å²) in [6.07, 6.45) is 11.7. The van der Waals surface area contributed by atoms with Crippen molar-refractivity contribution >= 4 is 35.5 Å². The molecule has 5 amide bonds. The second-order valence-corrected chi connectivity index (χ2v) is 15.4. The molecule has 6 N–H and O–H groups in total. The van der Waals surface area contributed by atoms with Crippen LogP contribution < -0.4 is 21.3 Å². The number of amides is 5. The summed E-state index contributed by atoms with van der Waals surface area (Å²) in [6.45, 7) is 8.74. The number of cyclic esters (lactones) is 1. The fourth-order valence-electron chi connectivity index (χ4n) is 6.33. The van der Waals surface area contributed by atoms with Crippen molar-refractivity contribution in [3.63, 3.8) is 0 Å². The number of hydrogen-bond donors (Lipinski definition) is 6. The maximum Gasteiger partial charge on any atom is 0.329 e. The number of carbonyl (C=O) groups is 6. The van der Waals surface area contributed by atoms with Gasteiger partial charge in [-0.05, 0) is 60.1 Å². The first-order valence-electron chi connectivity index (χ1n) is 20.1. The maximum absolute atomic E-state index is 13.9. The van der Waals surface area contributed by atoms with E-state index in [0.29, 0.717) is 11.1 Å². The first kappa shape index (κ1) is 46.7. The molecule has 0 aliphatic carbocycles. The van der Waals surface area contributed by atoms with E-state index < -0.39 is 72.3 Å². The van der Waals surface area contributed by atoms with Gasteiger partial charge in [-0.25, -0.2) is 4.79 Å². The third kappa shape index (κ3) is 15.4. The van der Waals surface area contributed by atoms with Crippen molar-refractivity contribution in [2.24, 2.45) is 11.8 Å². The predicted molar refractivity (Wildman–Crippen MR) is 220 cm³/mol. The smallest absolute Gasteiger partial charge is 0.329 e. The van der Waals surface area contributed by atoms with Gasteiger partial charge in [0.25, 0.3) is 0 Å². The number of nitrogens with one attached hydrogen (secondary N) is 4. The number of allylic oxidation sites excluding steroid dienone is 1. The molecule has 14 nitrogen and oxygen atoms in total. The number of rotatable bonds is 18. The van der Waals surface area contributed by atoms with Crippen molar-refractivity contribution in [3.05, 3.63) is 84.0 Å². The number of benzene rings is 2. The lowest BCUT2D eigenvalue weighted by Gasteiger charge is -2.32. The van der Waals surface area contributed by atoms with Gasteiger partial charge < -0.3 is 41.1 Å². The van der Waals surface area contributed by atoms with Crippen LogP contribution >= 0.6 is 0 Å². The first-order chi connectivity index (χ1) is 27.6. The van der Waals surface area contributed by atoms with Gasteiger partial charge in [-0.2, -0.15) is 0 Å². The van der Waals surface area contributed by atoms with Crippen LogP contribution in [0.5, 0.6) is 11.5 Å². The van der Waals surface area contributed by atoms with Crippen LogP contribution in [-0.4, -0.2) is 94.5 Å². The quantitative estimate of drug-likeness (QED) is 0.0732. The number of nitrogens with zero attached hydrogens (tertiary/aromatic N) is 1. The molecule has 0 radical (unpaired) electrons. The van der Waals surface area contributed by atoms with Crippen molar-refractivity contribution in [3.8, 4) is 11.5 Å². The number of unbranched alkanes of at least 4 members (excludes halogenated alkanes) is 4. The van der Waals surface area contributed by atoms with Crippen LogP contribution in [-0.2, 0) is 46.3 Å². The van der Waals surface area contributed by atoms with Crippen molar-refractivity contribution in [1.82, 2.24) is 26.2 Å². The Kier molecular flexibility index (Phi) is 19.0. The molecule has 3 rings (SSSR count). The van der Waals surface area contributed by atoms with Crippen molar-refractivity contribution in [2.75, 3.05) is 13.7 Å². The summed E-state index contributed by atoms with van der Waals surface area (Å²) >= 11 is 0. The number of phenols is 2. The van der Waals surface area contributed by atoms with Gasteiger partial charge in [0.1, 0.15) is 42.3 Å². The molecule has 2 aromatic carbocycles. The number of hydrogen-bond acceptors (Lipinski definition) is 9. The molecule has 1 aliphatic heterocycles. The number of carbonyl (C=O) groups excluding carboxylic acids is 6. The third-order valence-corrected chi connectivity index (χ3v) is 9.86. The molecule has 5 atom stereocenters. The van der Waals surface area contributed by atoms with Gasteiger partial charge >= 0.3 is 5.97 Å². The van der Waals surface area contributed by atoms with E-state index in [1.165, 1.54) is 42.3 Å². The number of phenolic OH excluding ortho intramolecular Hbond substituents is 2. The molecule has 58 heavy (non-hydrogen) atoms. The largest absolute Gasteiger partial charge is 0.508 e. The van der Waals surface area contributed by atoms with Gasteiger partial charge in [0.2, 0.25) is 29.5 Å². The van der Waals surface area contributed by atoms with E-state index in [9.17, 15) is 39.0 Å². The molecule has 0 saturated heterocycles. The Balaban J connectivity index is 1.82. The van der Waals surface area contributed by atoms with Gasteiger partial charge in [-0.1, -0.05) is 96.4 Å². The predicted octanol–water partition coefficient (Wildman–Crippen LogP) is 3.99. The average Bonchev–Trinajstić information content (AvgIpc) is 3.18. The highest BCUT2D eigenvalue weighted by atomic mass is 16.5. The Bertz CT molecular complexity index is 1740. The molecule has 2 aromatic rings. The van der Waals surface area contributed by atoms with Crippen molar-refractivity contribution < 1.29 is 43.7 Å². The normalized spacial score (nSPS) is 18.9. The second-order valence-electron chi connectivity index (χ2n) is 15.4. The monoisotopic (exact) mass is 803 g/mol. The molecule has 316 valence electrons. The fraction of sp³-hybridized carbons (Fsp3) is 0.500. The van der Waals surface area contributed by atoms with Gasteiger partial charge in [0.05, 0.1) is 6.04 Å². The number of esters is 1. The molecule has 0 spiro atoms. The summed E-state index contributed by atoms with van der Waals surface area (Å²) in [5, 5.41) is 30.6. The Labute approximate surface area is 341 Å². The molecular weight excluding hydrogens is 743 g/mol. The van der Waals surface area contributed by atoms with Crippen LogP contribution in [0.2, 0.25) is 0 Å². The molecular formula is C44H61N5O9. The highest BCUT2D eigenvalue weighted by molar-refractivity contribution is 5.95. The Morgan fingerprint density at radius 1 is 0.879 bits per heavy atom. The van der Waals surface area contributed by atoms with Crippen LogP contribution in [0.3, 0.4) is 0 Å². The Hall–Kier alpha value is -5.66. The minimum absolute atomic E-state index is 0.0344. The molecule has 0 aromatic heterocycles. The standard InChI is InChI=1S/C44H61N5O9/c1-7-8-9-10-11-12-13-14-37(52)46-35(25-30-15-20-33(50)21-16-30)41(54)48-39(28(2)3)42(55)45-32-19-24-38(53)47-40(29(4)5)43(56)49(6)36(44(57)58-27-32)26-31-17-22-34(51)23-18-31/h12-13,15-24,28-29,32,35-36,39-40,50-51H,7-11,14,25-27H2,1-6H3,(H,45,55)(H,46,52)(H,47,53)(H,48,54)/t32-,35+,36+,39+,40+/m1/s1. The van der Waals surface area contributed by atoms with E-state index in [-0.39, 0.29) is 42.6 Å². The van der Waals surface area contributed by atoms with Gasteiger partial charge in [0.15, 0.2) is 0 Å². The molecule has 1 heterocycles. The first-order valence-corrected chi connectivity index (χ1v) is 20.1. The van der Waals surface area contributed by atoms with Crippen LogP contribution in [0.1, 0.15) is 84.3 Å². The SMILES string of the molecule is CCCCCCC=CCC(=O)N[C@@H](Cc1ccc(O)cc1)C(=O)N[C@H](C(=O)N[C@@H]1C=CC(=O)N[C@@H](C(C)C)C(=O)N(C)[C@@H](Cc2ccc(O)cc2)C(=O)OC1)C(C)C. The van der Waals surface area contributed by atoms with E-state index in [4.69, 9.17) is 4.74 Å². The zero-order valence-electron chi connectivity index (χ0n) is 34.5. The van der Waals surface area contributed by atoms with Gasteiger partial charge in [-0.3, -0.25) is 24.0 Å². The van der Waals surface area contributed by atoms with E-state index in [1.807, 2.05) is 6.08 Å². The molecule has 0 bridgehead atoms. The Morgan fingerprint density at radius 2 is 1.52 bits per heavy atom. The van der Waals surface area contributed by atoms with E-state index in [1.54, 1.807) is 58.0 Å². The highest BCUT2D eigenvalue weighted by Crippen LogP contribution is 2.18. The molecule has 1 aliphatic rings. The van der Waals surface area contributed by atoms with Crippen LogP contribution in [0, 0.1) is 11.8 Å². The zero-order valence-corrected chi connectivity index (χ0v) is 34.5. The van der Waals surface area contributed by atoms with E-state index in [2.05, 4.69) is 28.2 Å². The number of likely N-dealkylation sites (N-methyl/N-ethyl adjacent to an activating group) is 1. The van der Waals surface area contributed by atoms with Crippen LogP contribution in [0.4, 0.5) is 0 Å². The summed E-state index contributed by atoms with van der Waals surface area (Å²) < 4.78 is 5.69. The average molecular weight is 804 g/mol. The number of ether oxygens (including phenoxy) is 1. The van der Waals surface area contributed by atoms with Crippen molar-refractivity contribution in [2.45, 2.75) is 116 Å². The summed E-state index contributed by atoms with van der Waals surface area (Å²) in [5.74, 6) is -4.15. The van der Waals surface area contributed by atoms with Crippen LogP contribution in [0.25, 0.3) is 0 Å². The lowest BCUT2D eigenvalue weighted by atomic mass is 9.99. The third-order valence-electron chi connectivity index (χ3n) is 9.86. The summed E-state index contributed by atoms with van der Waals surface area (Å²) in [7, 11) is 1.46. The van der Waals surface area contributed by atoms with Gasteiger partial charge in [0, 0.05) is 32.4 Å². The molecule has 0 unspecified atom stereocenters. The van der Waals surface area contributed by atoms with Crippen molar-refractivity contribution in [1.29, 1.82) is 0 Å². The fourth-order valence-corrected chi connectivity index (χ4v) is 6.33.